The van der Waals surface area contributed by atoms with Crippen LogP contribution in [-0.4, -0.2) is 0 Å². The smallest absolute Gasteiger partial charge is 0.104 e. The van der Waals surface area contributed by atoms with Crippen molar-refractivity contribution in [2.75, 3.05) is 0 Å². The van der Waals surface area contributed by atoms with Crippen molar-refractivity contribution in [2.45, 2.75) is 12.8 Å². The first-order valence-electron chi connectivity index (χ1n) is 7.48. The summed E-state index contributed by atoms with van der Waals surface area (Å²) in [5, 5.41) is 0. The van der Waals surface area contributed by atoms with E-state index in [1.165, 1.54) is 0 Å². The van der Waals surface area contributed by atoms with Gasteiger partial charge in [-0.1, -0.05) is 66.7 Å². The first-order valence-corrected chi connectivity index (χ1v) is 7.48. The fourth-order valence-corrected chi connectivity index (χ4v) is 2.84. The molecule has 0 unspecified atom stereocenters. The number of hydrogen-bond acceptors (Lipinski definition) is 0. The van der Waals surface area contributed by atoms with Crippen LogP contribution in [0.5, 0.6) is 0 Å². The first-order chi connectivity index (χ1) is 10.8. The molecule has 109 valence electrons. The number of allylic oxidation sites excluding steroid dienone is 5. The molecule has 2 aromatic rings. The van der Waals surface area contributed by atoms with Crippen molar-refractivity contribution in [2.24, 2.45) is 0 Å². The van der Waals surface area contributed by atoms with Crippen LogP contribution < -0.4 is 0 Å². The van der Waals surface area contributed by atoms with Crippen molar-refractivity contribution in [3.8, 4) is 0 Å². The minimum atomic E-state index is -0.100. The molecule has 2 aromatic carbocycles. The zero-order valence-electron chi connectivity index (χ0n) is 12.4. The van der Waals surface area contributed by atoms with Gasteiger partial charge in [-0.15, -0.1) is 0 Å². The Morgan fingerprint density at radius 2 is 1.41 bits per heavy atom. The zero-order valence-corrected chi connectivity index (χ0v) is 12.4. The summed E-state index contributed by atoms with van der Waals surface area (Å²) in [7, 11) is 0. The predicted molar refractivity (Wildman–Crippen MR) is 90.8 cm³/mol. The lowest BCUT2D eigenvalue weighted by atomic mass is 9.85. The highest BCUT2D eigenvalue weighted by Crippen LogP contribution is 2.37. The SMILES string of the molecule is [CH2]CC1=CC=C(F)CC1=C(c1ccccc1)c1ccccc1. The molecule has 22 heavy (non-hydrogen) atoms. The Morgan fingerprint density at radius 1 is 0.864 bits per heavy atom. The second-order valence-corrected chi connectivity index (χ2v) is 5.32. The predicted octanol–water partition coefficient (Wildman–Crippen LogP) is 5.90. The van der Waals surface area contributed by atoms with Gasteiger partial charge in [0.15, 0.2) is 0 Å². The third-order valence-corrected chi connectivity index (χ3v) is 3.89. The molecule has 0 aromatic heterocycles. The molecule has 0 heterocycles. The molecule has 0 saturated heterocycles. The molecule has 0 nitrogen and oxygen atoms in total. The van der Waals surface area contributed by atoms with Gasteiger partial charge in [0.25, 0.3) is 0 Å². The zero-order chi connectivity index (χ0) is 15.4. The fraction of sp³-hybridized carbons (Fsp3) is 0.0952. The van der Waals surface area contributed by atoms with E-state index in [0.29, 0.717) is 12.8 Å². The van der Waals surface area contributed by atoms with E-state index in [-0.39, 0.29) is 5.83 Å². The van der Waals surface area contributed by atoms with Crippen LogP contribution >= 0.6 is 0 Å². The molecule has 0 atom stereocenters. The number of hydrogen-bond donors (Lipinski definition) is 0. The van der Waals surface area contributed by atoms with Crippen molar-refractivity contribution in [1.82, 2.24) is 0 Å². The maximum atomic E-state index is 13.9. The lowest BCUT2D eigenvalue weighted by Crippen LogP contribution is -2.01. The first kappa shape index (κ1) is 14.5. The molecule has 1 aliphatic rings. The van der Waals surface area contributed by atoms with E-state index in [4.69, 9.17) is 0 Å². The maximum absolute atomic E-state index is 13.9. The Bertz CT molecular complexity index is 692. The van der Waals surface area contributed by atoms with Crippen molar-refractivity contribution >= 4 is 5.57 Å². The lowest BCUT2D eigenvalue weighted by molar-refractivity contribution is 0.608. The Hall–Kier alpha value is -2.41. The second-order valence-electron chi connectivity index (χ2n) is 5.32. The van der Waals surface area contributed by atoms with Gasteiger partial charge < -0.3 is 0 Å². The maximum Gasteiger partial charge on any atom is 0.104 e. The molecule has 1 radical (unpaired) electrons. The summed E-state index contributed by atoms with van der Waals surface area (Å²) in [4.78, 5) is 0. The molecular formula is C21H18F. The molecule has 0 spiro atoms. The Labute approximate surface area is 131 Å². The summed E-state index contributed by atoms with van der Waals surface area (Å²) in [5.41, 5.74) is 5.45. The third kappa shape index (κ3) is 2.94. The van der Waals surface area contributed by atoms with Crippen LogP contribution in [0.4, 0.5) is 4.39 Å². The van der Waals surface area contributed by atoms with E-state index in [0.717, 1.165) is 27.8 Å². The fourth-order valence-electron chi connectivity index (χ4n) is 2.84. The van der Waals surface area contributed by atoms with Crippen LogP contribution in [-0.2, 0) is 0 Å². The van der Waals surface area contributed by atoms with Gasteiger partial charge in [0.05, 0.1) is 0 Å². The van der Waals surface area contributed by atoms with Gasteiger partial charge in [-0.2, -0.15) is 0 Å². The number of rotatable bonds is 3. The summed E-state index contributed by atoms with van der Waals surface area (Å²) in [5.74, 6) is -0.100. The molecule has 1 heteroatoms. The summed E-state index contributed by atoms with van der Waals surface area (Å²) < 4.78 is 13.9. The summed E-state index contributed by atoms with van der Waals surface area (Å²) in [6, 6.07) is 20.4. The van der Waals surface area contributed by atoms with Crippen LogP contribution in [0.3, 0.4) is 0 Å². The van der Waals surface area contributed by atoms with Gasteiger partial charge >= 0.3 is 0 Å². The average molecular weight is 289 g/mol. The van der Waals surface area contributed by atoms with Crippen molar-refractivity contribution < 1.29 is 4.39 Å². The molecule has 0 saturated carbocycles. The van der Waals surface area contributed by atoms with Crippen LogP contribution in [0.1, 0.15) is 24.0 Å². The molecule has 0 N–H and O–H groups in total. The van der Waals surface area contributed by atoms with Crippen molar-refractivity contribution in [1.29, 1.82) is 0 Å². The molecule has 0 bridgehead atoms. The second kappa shape index (κ2) is 6.57. The van der Waals surface area contributed by atoms with Crippen molar-refractivity contribution in [3.05, 3.63) is 108 Å². The molecule has 0 amide bonds. The van der Waals surface area contributed by atoms with E-state index in [9.17, 15) is 4.39 Å². The van der Waals surface area contributed by atoms with Crippen LogP contribution in [0.15, 0.2) is 89.8 Å². The van der Waals surface area contributed by atoms with Crippen LogP contribution in [0.2, 0.25) is 0 Å². The normalized spacial score (nSPS) is 14.4. The van der Waals surface area contributed by atoms with Gasteiger partial charge in [-0.3, -0.25) is 0 Å². The monoisotopic (exact) mass is 289 g/mol. The summed E-state index contributed by atoms with van der Waals surface area (Å²) >= 11 is 0. The van der Waals surface area contributed by atoms with Crippen LogP contribution in [0.25, 0.3) is 5.57 Å². The van der Waals surface area contributed by atoms with Gasteiger partial charge in [-0.25, -0.2) is 4.39 Å². The highest BCUT2D eigenvalue weighted by Gasteiger charge is 2.18. The molecule has 1 aliphatic carbocycles. The summed E-state index contributed by atoms with van der Waals surface area (Å²) in [6.45, 7) is 4.00. The lowest BCUT2D eigenvalue weighted by Gasteiger charge is -2.20. The molecule has 0 aliphatic heterocycles. The van der Waals surface area contributed by atoms with E-state index < -0.39 is 0 Å². The van der Waals surface area contributed by atoms with Gasteiger partial charge in [0, 0.05) is 6.42 Å². The Morgan fingerprint density at radius 3 is 1.91 bits per heavy atom. The Kier molecular flexibility index (Phi) is 4.34. The quantitative estimate of drug-likeness (QED) is 0.660. The Balaban J connectivity index is 2.24. The van der Waals surface area contributed by atoms with E-state index in [1.54, 1.807) is 6.08 Å². The van der Waals surface area contributed by atoms with E-state index in [2.05, 4.69) is 31.2 Å². The van der Waals surface area contributed by atoms with Gasteiger partial charge in [0.1, 0.15) is 5.83 Å². The third-order valence-electron chi connectivity index (χ3n) is 3.89. The highest BCUT2D eigenvalue weighted by atomic mass is 19.1. The van der Waals surface area contributed by atoms with E-state index in [1.807, 2.05) is 42.5 Å². The molecule has 3 rings (SSSR count). The average Bonchev–Trinajstić information content (AvgIpc) is 2.57. The van der Waals surface area contributed by atoms with Crippen LogP contribution in [0, 0.1) is 6.92 Å². The number of halogens is 1. The minimum absolute atomic E-state index is 0.100. The van der Waals surface area contributed by atoms with Gasteiger partial charge in [0.2, 0.25) is 0 Å². The summed E-state index contributed by atoms with van der Waals surface area (Å²) in [6.07, 6.45) is 4.40. The standard InChI is InChI=1S/C21H18F/c1-2-16-13-14-19(22)15-20(16)21(17-9-5-3-6-10-17)18-11-7-4-8-12-18/h3-14H,1-2,15H2. The van der Waals surface area contributed by atoms with Crippen molar-refractivity contribution in [3.63, 3.8) is 0 Å². The minimum Gasteiger partial charge on any atom is -0.211 e. The van der Waals surface area contributed by atoms with Gasteiger partial charge in [-0.05, 0) is 47.3 Å². The van der Waals surface area contributed by atoms with E-state index >= 15 is 0 Å². The number of benzene rings is 2. The molecular weight excluding hydrogens is 271 g/mol. The topological polar surface area (TPSA) is 0 Å². The largest absolute Gasteiger partial charge is 0.211 e. The highest BCUT2D eigenvalue weighted by molar-refractivity contribution is 5.85. The molecule has 0 fully saturated rings.